The van der Waals surface area contributed by atoms with Crippen LogP contribution in [0.1, 0.15) is 36.0 Å². The van der Waals surface area contributed by atoms with E-state index in [1.54, 1.807) is 17.0 Å². The van der Waals surface area contributed by atoms with Gasteiger partial charge in [0.2, 0.25) is 0 Å². The van der Waals surface area contributed by atoms with Crippen molar-refractivity contribution in [1.82, 2.24) is 19.5 Å². The van der Waals surface area contributed by atoms with Crippen molar-refractivity contribution < 1.29 is 14.3 Å². The van der Waals surface area contributed by atoms with Gasteiger partial charge in [-0.15, -0.1) is 0 Å². The Morgan fingerprint density at radius 3 is 2.52 bits per heavy atom. The second-order valence-electron chi connectivity index (χ2n) is 10.5. The zero-order valence-corrected chi connectivity index (χ0v) is 23.5. The van der Waals surface area contributed by atoms with Gasteiger partial charge in [-0.25, -0.2) is 13.9 Å². The molecule has 11 heteroatoms. The Labute approximate surface area is 235 Å². The number of aryl methyl sites for hydroxylation is 2. The smallest absolute Gasteiger partial charge is 0.254 e. The van der Waals surface area contributed by atoms with Crippen LogP contribution in [-0.4, -0.2) is 69.3 Å². The normalized spacial score (nSPS) is 16.3. The molecule has 9 nitrogen and oxygen atoms in total. The third-order valence-electron chi connectivity index (χ3n) is 7.79. The van der Waals surface area contributed by atoms with Crippen molar-refractivity contribution in [1.29, 1.82) is 5.26 Å². The molecule has 0 atom stereocenters. The molecular formula is C29H30FN7O2S. The van der Waals surface area contributed by atoms with Crippen molar-refractivity contribution in [3.8, 4) is 17.3 Å². The summed E-state index contributed by atoms with van der Waals surface area (Å²) in [4.78, 5) is 23.9. The van der Waals surface area contributed by atoms with Crippen molar-refractivity contribution in [2.24, 2.45) is 0 Å². The second-order valence-corrected chi connectivity index (χ2v) is 11.4. The minimum Gasteiger partial charge on any atom is -0.380 e. The highest BCUT2D eigenvalue weighted by atomic mass is 32.1. The van der Waals surface area contributed by atoms with Crippen molar-refractivity contribution in [2.45, 2.75) is 38.7 Å². The Balaban J connectivity index is 1.34. The molecule has 0 unspecified atom stereocenters. The summed E-state index contributed by atoms with van der Waals surface area (Å²) in [6.07, 6.45) is 1.82. The summed E-state index contributed by atoms with van der Waals surface area (Å²) >= 11 is 1.29. The van der Waals surface area contributed by atoms with E-state index < -0.39 is 5.60 Å². The molecule has 1 aromatic carbocycles. The van der Waals surface area contributed by atoms with E-state index in [0.717, 1.165) is 28.3 Å². The van der Waals surface area contributed by atoms with Crippen LogP contribution in [0.4, 0.5) is 20.9 Å². The zero-order valence-electron chi connectivity index (χ0n) is 22.7. The molecule has 2 aliphatic rings. The van der Waals surface area contributed by atoms with Crippen LogP contribution in [-0.2, 0) is 11.2 Å². The van der Waals surface area contributed by atoms with E-state index in [4.69, 9.17) is 10.1 Å². The maximum absolute atomic E-state index is 13.5. The number of benzene rings is 1. The molecule has 4 aromatic rings. The third kappa shape index (κ3) is 4.47. The highest BCUT2D eigenvalue weighted by Crippen LogP contribution is 2.40. The number of amides is 1. The van der Waals surface area contributed by atoms with Crippen molar-refractivity contribution in [2.75, 3.05) is 43.0 Å². The quantitative estimate of drug-likeness (QED) is 0.376. The summed E-state index contributed by atoms with van der Waals surface area (Å²) in [6, 6.07) is 12.5. The molecule has 1 amide bonds. The van der Waals surface area contributed by atoms with E-state index in [2.05, 4.69) is 30.0 Å². The van der Waals surface area contributed by atoms with Crippen LogP contribution in [0.2, 0.25) is 0 Å². The van der Waals surface area contributed by atoms with Crippen LogP contribution in [0.25, 0.3) is 16.8 Å². The fraction of sp³-hybridized carbons (Fsp3) is 0.379. The standard InChI is InChI=1S/C29H30FN7O2S/c1-4-22-26(34(3)28-32-25(24(17-31)40-28)19-5-7-20(30)8-6-19)23-16-21(15-18(2)37(23)33-22)35-11-13-36(14-12-35)27(38)29(39)9-10-29/h5-8,15-16,39H,4,9-14H2,1-3H3. The van der Waals surface area contributed by atoms with Crippen LogP contribution < -0.4 is 9.80 Å². The second kappa shape index (κ2) is 9.87. The fourth-order valence-corrected chi connectivity index (χ4v) is 6.19. The van der Waals surface area contributed by atoms with E-state index in [1.807, 2.05) is 23.4 Å². The number of halogens is 1. The van der Waals surface area contributed by atoms with Gasteiger partial charge >= 0.3 is 0 Å². The molecule has 206 valence electrons. The minimum absolute atomic E-state index is 0.147. The molecule has 1 aliphatic carbocycles. The summed E-state index contributed by atoms with van der Waals surface area (Å²) in [5.74, 6) is -0.487. The van der Waals surface area contributed by atoms with Gasteiger partial charge in [0.1, 0.15) is 28.1 Å². The lowest BCUT2D eigenvalue weighted by molar-refractivity contribution is -0.142. The number of carbonyl (C=O) groups excluding carboxylic acids is 1. The molecule has 0 radical (unpaired) electrons. The SMILES string of the molecule is CCc1nn2c(C)cc(N3CCN(C(=O)C4(O)CC4)CC3)cc2c1N(C)c1nc(-c2ccc(F)cc2)c(C#N)s1. The lowest BCUT2D eigenvalue weighted by atomic mass is 10.1. The van der Waals surface area contributed by atoms with Crippen molar-refractivity contribution >= 4 is 39.3 Å². The van der Waals surface area contributed by atoms with Gasteiger partial charge in [0.05, 0.1) is 16.9 Å². The first-order chi connectivity index (χ1) is 19.2. The molecule has 0 spiro atoms. The van der Waals surface area contributed by atoms with Crippen LogP contribution in [0.5, 0.6) is 0 Å². The summed E-state index contributed by atoms with van der Waals surface area (Å²) < 4.78 is 15.4. The predicted molar refractivity (Wildman–Crippen MR) is 153 cm³/mol. The molecule has 1 saturated carbocycles. The number of hydrogen-bond donors (Lipinski definition) is 1. The largest absolute Gasteiger partial charge is 0.380 e. The summed E-state index contributed by atoms with van der Waals surface area (Å²) in [5, 5.41) is 25.6. The Bertz CT molecular complexity index is 1640. The van der Waals surface area contributed by atoms with Gasteiger partial charge in [0, 0.05) is 50.2 Å². The Kier molecular flexibility index (Phi) is 6.47. The van der Waals surface area contributed by atoms with Gasteiger partial charge in [-0.3, -0.25) is 4.79 Å². The summed E-state index contributed by atoms with van der Waals surface area (Å²) in [7, 11) is 1.93. The molecular weight excluding hydrogens is 529 g/mol. The van der Waals surface area contributed by atoms with Crippen LogP contribution in [0, 0.1) is 24.1 Å². The number of thiazole rings is 1. The third-order valence-corrected chi connectivity index (χ3v) is 8.82. The molecule has 0 bridgehead atoms. The molecule has 1 saturated heterocycles. The number of anilines is 3. The maximum Gasteiger partial charge on any atom is 0.254 e. The zero-order chi connectivity index (χ0) is 28.2. The molecule has 2 fully saturated rings. The van der Waals surface area contributed by atoms with Crippen LogP contribution >= 0.6 is 11.3 Å². The number of pyridine rings is 1. The minimum atomic E-state index is -1.14. The highest BCUT2D eigenvalue weighted by molar-refractivity contribution is 7.16. The van der Waals surface area contributed by atoms with Gasteiger partial charge in [-0.1, -0.05) is 18.3 Å². The number of nitrogens with zero attached hydrogens (tertiary/aromatic N) is 7. The highest BCUT2D eigenvalue weighted by Gasteiger charge is 2.50. The van der Waals surface area contributed by atoms with Gasteiger partial charge in [-0.05, 0) is 62.6 Å². The Morgan fingerprint density at radius 1 is 1.20 bits per heavy atom. The maximum atomic E-state index is 13.5. The topological polar surface area (TPSA) is 101 Å². The molecule has 3 aromatic heterocycles. The molecule has 1 N–H and O–H groups in total. The number of fused-ring (bicyclic) bond motifs is 1. The Hall–Kier alpha value is -4.01. The molecule has 1 aliphatic heterocycles. The van der Waals surface area contributed by atoms with E-state index in [9.17, 15) is 19.6 Å². The number of rotatable bonds is 6. The first-order valence-corrected chi connectivity index (χ1v) is 14.2. The van der Waals surface area contributed by atoms with Crippen molar-refractivity contribution in [3.05, 3.63) is 58.5 Å². The molecule has 40 heavy (non-hydrogen) atoms. The van der Waals surface area contributed by atoms with Gasteiger partial charge < -0.3 is 19.8 Å². The van der Waals surface area contributed by atoms with Gasteiger partial charge in [0.25, 0.3) is 5.91 Å². The number of aromatic nitrogens is 3. The number of aliphatic hydroxyl groups is 1. The predicted octanol–water partition coefficient (Wildman–Crippen LogP) is 4.28. The van der Waals surface area contributed by atoms with Crippen molar-refractivity contribution in [3.63, 3.8) is 0 Å². The fourth-order valence-electron chi connectivity index (χ4n) is 5.33. The van der Waals surface area contributed by atoms with E-state index >= 15 is 0 Å². The van der Waals surface area contributed by atoms with Gasteiger partial charge in [0.15, 0.2) is 5.13 Å². The first kappa shape index (κ1) is 26.2. The van der Waals surface area contributed by atoms with E-state index in [0.29, 0.717) is 66.7 Å². The number of piperazine rings is 1. The number of carbonyl (C=O) groups is 1. The average Bonchev–Trinajstić information content (AvgIpc) is 3.40. The molecule has 4 heterocycles. The van der Waals surface area contributed by atoms with Crippen LogP contribution in [0.15, 0.2) is 36.4 Å². The Morgan fingerprint density at radius 2 is 1.90 bits per heavy atom. The lowest BCUT2D eigenvalue weighted by Crippen LogP contribution is -2.52. The number of nitriles is 1. The lowest BCUT2D eigenvalue weighted by Gasteiger charge is -2.37. The van der Waals surface area contributed by atoms with Crippen LogP contribution in [0.3, 0.4) is 0 Å². The van der Waals surface area contributed by atoms with E-state index in [-0.39, 0.29) is 11.7 Å². The van der Waals surface area contributed by atoms with Gasteiger partial charge in [-0.2, -0.15) is 10.4 Å². The average molecular weight is 560 g/mol. The van der Waals surface area contributed by atoms with E-state index in [1.165, 1.54) is 23.5 Å². The molecule has 6 rings (SSSR count). The number of hydrogen-bond acceptors (Lipinski definition) is 8. The monoisotopic (exact) mass is 559 g/mol. The summed E-state index contributed by atoms with van der Waals surface area (Å²) in [6.45, 7) is 6.58. The first-order valence-electron chi connectivity index (χ1n) is 13.4. The summed E-state index contributed by atoms with van der Waals surface area (Å²) in [5.41, 5.74) is 4.87.